The van der Waals surface area contributed by atoms with Gasteiger partial charge in [-0.2, -0.15) is 0 Å². The Kier molecular flexibility index (Phi) is 8.27. The van der Waals surface area contributed by atoms with E-state index in [9.17, 15) is 9.59 Å². The summed E-state index contributed by atoms with van der Waals surface area (Å²) < 4.78 is 21.8. The Morgan fingerprint density at radius 1 is 1.05 bits per heavy atom. The van der Waals surface area contributed by atoms with E-state index in [1.165, 1.54) is 21.3 Å². The quantitative estimate of drug-likeness (QED) is 0.212. The third-order valence-corrected chi connectivity index (χ3v) is 6.94. The maximum absolute atomic E-state index is 12.4. The number of esters is 1. The van der Waals surface area contributed by atoms with Crippen LogP contribution in [0.2, 0.25) is 0 Å². The number of ether oxygens (including phenoxy) is 3. The normalized spacial score (nSPS) is 16.3. The number of methoxy groups -OCH3 is 3. The molecular formula is C30H28N4O6S. The van der Waals surface area contributed by atoms with E-state index in [-0.39, 0.29) is 18.6 Å². The zero-order valence-electron chi connectivity index (χ0n) is 22.6. The van der Waals surface area contributed by atoms with Crippen LogP contribution in [-0.2, 0) is 14.3 Å². The molecule has 1 fully saturated rings. The Morgan fingerprint density at radius 3 is 2.59 bits per heavy atom. The molecule has 11 heteroatoms. The minimum atomic E-state index is -0.465. The van der Waals surface area contributed by atoms with Crippen LogP contribution in [0.25, 0.3) is 11.3 Å². The molecule has 0 saturated carbocycles. The van der Waals surface area contributed by atoms with Crippen molar-refractivity contribution in [1.29, 1.82) is 0 Å². The van der Waals surface area contributed by atoms with Gasteiger partial charge in [-0.3, -0.25) is 9.78 Å². The third-order valence-electron chi connectivity index (χ3n) is 6.62. The SMILES string of the molecule is COCC(=O)Nc1cc(N2C(=S)N[C@@H](c3ccccn3)[C@H]2c2ccc(-c3ccccc3C(=O)OC)o2)ccc1OC. The summed E-state index contributed by atoms with van der Waals surface area (Å²) in [5.41, 5.74) is 2.90. The number of aromatic nitrogens is 1. The highest BCUT2D eigenvalue weighted by molar-refractivity contribution is 7.80. The van der Waals surface area contributed by atoms with Crippen LogP contribution in [0.3, 0.4) is 0 Å². The van der Waals surface area contributed by atoms with E-state index in [0.717, 1.165) is 5.69 Å². The molecule has 0 spiro atoms. The Bertz CT molecular complexity index is 1570. The largest absolute Gasteiger partial charge is 0.495 e. The van der Waals surface area contributed by atoms with Gasteiger partial charge in [0.1, 0.15) is 29.9 Å². The lowest BCUT2D eigenvalue weighted by molar-refractivity contribution is -0.119. The van der Waals surface area contributed by atoms with Crippen molar-refractivity contribution in [3.8, 4) is 17.1 Å². The van der Waals surface area contributed by atoms with Gasteiger partial charge < -0.3 is 34.2 Å². The Morgan fingerprint density at radius 2 is 1.85 bits per heavy atom. The molecule has 1 aliphatic heterocycles. The van der Waals surface area contributed by atoms with Gasteiger partial charge in [0.2, 0.25) is 5.91 Å². The second kappa shape index (κ2) is 12.2. The van der Waals surface area contributed by atoms with Crippen LogP contribution >= 0.6 is 12.2 Å². The van der Waals surface area contributed by atoms with Gasteiger partial charge in [-0.05, 0) is 60.7 Å². The summed E-state index contributed by atoms with van der Waals surface area (Å²) >= 11 is 5.83. The molecule has 0 aliphatic carbocycles. The molecule has 3 heterocycles. The van der Waals surface area contributed by atoms with Gasteiger partial charge >= 0.3 is 5.97 Å². The number of carbonyl (C=O) groups excluding carboxylic acids is 2. The van der Waals surface area contributed by atoms with Crippen molar-refractivity contribution in [2.24, 2.45) is 0 Å². The number of benzene rings is 2. The first kappa shape index (κ1) is 27.8. The van der Waals surface area contributed by atoms with Gasteiger partial charge in [0.25, 0.3) is 0 Å². The topological polar surface area (TPSA) is 115 Å². The Hall–Kier alpha value is -4.74. The fourth-order valence-electron chi connectivity index (χ4n) is 4.83. The average molecular weight is 573 g/mol. The molecule has 210 valence electrons. The van der Waals surface area contributed by atoms with Crippen molar-refractivity contribution < 1.29 is 28.2 Å². The first-order chi connectivity index (χ1) is 19.9. The van der Waals surface area contributed by atoms with Crippen LogP contribution in [0.15, 0.2) is 83.4 Å². The number of nitrogens with one attached hydrogen (secondary N) is 2. The number of hydrogen-bond acceptors (Lipinski definition) is 8. The van der Waals surface area contributed by atoms with Crippen LogP contribution in [0.4, 0.5) is 11.4 Å². The molecule has 2 aromatic heterocycles. The van der Waals surface area contributed by atoms with Crippen LogP contribution in [0.5, 0.6) is 5.75 Å². The van der Waals surface area contributed by atoms with Crippen molar-refractivity contribution in [3.63, 3.8) is 0 Å². The third kappa shape index (κ3) is 5.63. The Labute approximate surface area is 242 Å². The summed E-state index contributed by atoms with van der Waals surface area (Å²) in [5.74, 6) is 0.780. The molecule has 2 atom stereocenters. The van der Waals surface area contributed by atoms with Gasteiger partial charge in [0.15, 0.2) is 5.11 Å². The van der Waals surface area contributed by atoms with Gasteiger partial charge in [-0.1, -0.05) is 24.3 Å². The lowest BCUT2D eigenvalue weighted by Gasteiger charge is -2.27. The van der Waals surface area contributed by atoms with Crippen molar-refractivity contribution in [3.05, 3.63) is 96.0 Å². The van der Waals surface area contributed by atoms with E-state index in [0.29, 0.717) is 44.9 Å². The number of rotatable bonds is 9. The molecule has 0 unspecified atom stereocenters. The molecule has 1 saturated heterocycles. The lowest BCUT2D eigenvalue weighted by atomic mass is 10.0. The minimum Gasteiger partial charge on any atom is -0.495 e. The van der Waals surface area contributed by atoms with Gasteiger partial charge in [0.05, 0.1) is 37.2 Å². The van der Waals surface area contributed by atoms with Gasteiger partial charge in [0, 0.05) is 24.6 Å². The van der Waals surface area contributed by atoms with E-state index in [1.54, 1.807) is 36.5 Å². The van der Waals surface area contributed by atoms with E-state index in [4.69, 9.17) is 30.8 Å². The summed E-state index contributed by atoms with van der Waals surface area (Å²) in [6, 6.07) is 21.0. The molecule has 41 heavy (non-hydrogen) atoms. The van der Waals surface area contributed by atoms with Crippen molar-refractivity contribution in [1.82, 2.24) is 10.3 Å². The highest BCUT2D eigenvalue weighted by Gasteiger charge is 2.43. The summed E-state index contributed by atoms with van der Waals surface area (Å²) in [6.45, 7) is -0.107. The van der Waals surface area contributed by atoms with E-state index < -0.39 is 12.0 Å². The van der Waals surface area contributed by atoms with Gasteiger partial charge in [-0.25, -0.2) is 4.79 Å². The first-order valence-corrected chi connectivity index (χ1v) is 13.1. The van der Waals surface area contributed by atoms with E-state index in [2.05, 4.69) is 15.6 Å². The Balaban J connectivity index is 1.59. The number of hydrogen-bond donors (Lipinski definition) is 2. The molecule has 10 nitrogen and oxygen atoms in total. The molecule has 1 aliphatic rings. The monoisotopic (exact) mass is 572 g/mol. The zero-order valence-corrected chi connectivity index (χ0v) is 23.4. The maximum atomic E-state index is 12.4. The molecule has 2 aromatic carbocycles. The molecule has 0 radical (unpaired) electrons. The van der Waals surface area contributed by atoms with Crippen LogP contribution in [-0.4, -0.2) is 49.9 Å². The second-order valence-electron chi connectivity index (χ2n) is 9.10. The summed E-state index contributed by atoms with van der Waals surface area (Å²) in [5, 5.41) is 6.66. The number of carbonyl (C=O) groups is 2. The maximum Gasteiger partial charge on any atom is 0.338 e. The number of furan rings is 1. The van der Waals surface area contributed by atoms with Crippen LogP contribution < -0.4 is 20.3 Å². The number of anilines is 2. The van der Waals surface area contributed by atoms with E-state index in [1.807, 2.05) is 47.4 Å². The smallest absolute Gasteiger partial charge is 0.338 e. The summed E-state index contributed by atoms with van der Waals surface area (Å²) in [4.78, 5) is 31.3. The fraction of sp³-hybridized carbons (Fsp3) is 0.200. The lowest BCUT2D eigenvalue weighted by Crippen LogP contribution is -2.29. The predicted molar refractivity (Wildman–Crippen MR) is 157 cm³/mol. The molecular weight excluding hydrogens is 544 g/mol. The minimum absolute atomic E-state index is 0.107. The highest BCUT2D eigenvalue weighted by atomic mass is 32.1. The van der Waals surface area contributed by atoms with Gasteiger partial charge in [-0.15, -0.1) is 0 Å². The predicted octanol–water partition coefficient (Wildman–Crippen LogP) is 4.90. The van der Waals surface area contributed by atoms with Crippen LogP contribution in [0, 0.1) is 0 Å². The van der Waals surface area contributed by atoms with Crippen LogP contribution in [0.1, 0.15) is 33.9 Å². The number of thiocarbonyl (C=S) groups is 1. The average Bonchev–Trinajstić information content (AvgIpc) is 3.62. The first-order valence-electron chi connectivity index (χ1n) is 12.7. The highest BCUT2D eigenvalue weighted by Crippen LogP contribution is 2.44. The zero-order chi connectivity index (χ0) is 28.9. The standard InChI is InChI=1S/C30H28N4O6S/c1-37-17-26(35)32-22-16-18(11-12-24(22)38-2)34-28(27(33-30(34)41)21-10-6-7-15-31-21)25-14-13-23(40-25)19-8-4-5-9-20(19)29(36)39-3/h4-16,27-28H,17H2,1-3H3,(H,32,35)(H,33,41)/t27-,28+/m0/s1. The van der Waals surface area contributed by atoms with E-state index >= 15 is 0 Å². The molecule has 2 N–H and O–H groups in total. The van der Waals surface area contributed by atoms with Crippen molar-refractivity contribution in [2.45, 2.75) is 12.1 Å². The van der Waals surface area contributed by atoms with Crippen molar-refractivity contribution in [2.75, 3.05) is 38.2 Å². The van der Waals surface area contributed by atoms with Crippen molar-refractivity contribution >= 4 is 40.6 Å². The molecule has 0 bridgehead atoms. The summed E-state index contributed by atoms with van der Waals surface area (Å²) in [7, 11) is 4.32. The fourth-order valence-corrected chi connectivity index (χ4v) is 5.17. The molecule has 4 aromatic rings. The summed E-state index contributed by atoms with van der Waals surface area (Å²) in [6.07, 6.45) is 1.72. The second-order valence-corrected chi connectivity index (χ2v) is 9.49. The molecule has 5 rings (SSSR count). The molecule has 1 amide bonds. The number of amides is 1. The number of nitrogens with zero attached hydrogens (tertiary/aromatic N) is 2. The number of pyridine rings is 1.